The maximum Gasteiger partial charge on any atom is 0.240 e. The van der Waals surface area contributed by atoms with Gasteiger partial charge in [-0.2, -0.15) is 0 Å². The van der Waals surface area contributed by atoms with Gasteiger partial charge in [0.15, 0.2) is 0 Å². The number of halogens is 1. The van der Waals surface area contributed by atoms with Gasteiger partial charge < -0.3 is 16.0 Å². The average Bonchev–Trinajstić information content (AvgIpc) is 2.79. The van der Waals surface area contributed by atoms with Gasteiger partial charge in [-0.05, 0) is 68.5 Å². The van der Waals surface area contributed by atoms with Gasteiger partial charge in [-0.3, -0.25) is 4.79 Å². The van der Waals surface area contributed by atoms with Crippen molar-refractivity contribution < 1.29 is 17.6 Å². The molecule has 1 atom stereocenters. The third-order valence-electron chi connectivity index (χ3n) is 6.21. The SMILES string of the molecule is C[C@@H](NC(=O)C1CCC(NS(=O)(=O)c2ccc3c(c2)NCCN3)CC1)c1ccc(F)cc1. The van der Waals surface area contributed by atoms with E-state index in [1.165, 1.54) is 12.1 Å². The fraction of sp³-hybridized carbons (Fsp3) is 0.435. The first-order chi connectivity index (χ1) is 15.3. The molecule has 4 N–H and O–H groups in total. The van der Waals surface area contributed by atoms with Crippen LogP contribution in [0.15, 0.2) is 47.4 Å². The highest BCUT2D eigenvalue weighted by Crippen LogP contribution is 2.29. The number of rotatable bonds is 6. The third-order valence-corrected chi connectivity index (χ3v) is 7.72. The first-order valence-electron chi connectivity index (χ1n) is 11.0. The fourth-order valence-electron chi connectivity index (χ4n) is 4.31. The summed E-state index contributed by atoms with van der Waals surface area (Å²) >= 11 is 0. The van der Waals surface area contributed by atoms with E-state index >= 15 is 0 Å². The van der Waals surface area contributed by atoms with Gasteiger partial charge in [0.1, 0.15) is 5.82 Å². The minimum atomic E-state index is -3.64. The Morgan fingerprint density at radius 1 is 1.00 bits per heavy atom. The molecule has 7 nitrogen and oxygen atoms in total. The van der Waals surface area contributed by atoms with Crippen LogP contribution >= 0.6 is 0 Å². The second-order valence-corrected chi connectivity index (χ2v) is 10.2. The third kappa shape index (κ3) is 5.21. The van der Waals surface area contributed by atoms with Crippen LogP contribution in [0.1, 0.15) is 44.2 Å². The molecule has 0 saturated heterocycles. The average molecular weight is 461 g/mol. The molecule has 32 heavy (non-hydrogen) atoms. The van der Waals surface area contributed by atoms with Crippen LogP contribution < -0.4 is 20.7 Å². The van der Waals surface area contributed by atoms with E-state index < -0.39 is 10.0 Å². The van der Waals surface area contributed by atoms with Gasteiger partial charge in [-0.15, -0.1) is 0 Å². The largest absolute Gasteiger partial charge is 0.382 e. The molecule has 0 unspecified atom stereocenters. The topological polar surface area (TPSA) is 99.3 Å². The summed E-state index contributed by atoms with van der Waals surface area (Å²) in [6, 6.07) is 10.7. The van der Waals surface area contributed by atoms with Crippen molar-refractivity contribution in [2.24, 2.45) is 5.92 Å². The molecule has 0 radical (unpaired) electrons. The number of sulfonamides is 1. The number of carbonyl (C=O) groups is 1. The second-order valence-electron chi connectivity index (χ2n) is 8.51. The van der Waals surface area contributed by atoms with E-state index in [2.05, 4.69) is 20.7 Å². The predicted molar refractivity (Wildman–Crippen MR) is 122 cm³/mol. The summed E-state index contributed by atoms with van der Waals surface area (Å²) in [6.45, 7) is 3.42. The van der Waals surface area contributed by atoms with Crippen LogP contribution in [0.5, 0.6) is 0 Å². The summed E-state index contributed by atoms with van der Waals surface area (Å²) in [6.07, 6.45) is 2.44. The summed E-state index contributed by atoms with van der Waals surface area (Å²) in [7, 11) is -3.64. The molecule has 1 aliphatic heterocycles. The van der Waals surface area contributed by atoms with E-state index in [4.69, 9.17) is 0 Å². The van der Waals surface area contributed by atoms with Gasteiger partial charge in [0, 0.05) is 25.0 Å². The zero-order valence-corrected chi connectivity index (χ0v) is 18.8. The van der Waals surface area contributed by atoms with Gasteiger partial charge in [-0.25, -0.2) is 17.5 Å². The predicted octanol–water partition coefficient (Wildman–Crippen LogP) is 3.38. The van der Waals surface area contributed by atoms with E-state index in [1.54, 1.807) is 30.3 Å². The maximum absolute atomic E-state index is 13.1. The number of nitrogens with one attached hydrogen (secondary N) is 4. The fourth-order valence-corrected chi connectivity index (χ4v) is 5.64. The van der Waals surface area contributed by atoms with Crippen LogP contribution in [0.2, 0.25) is 0 Å². The van der Waals surface area contributed by atoms with Crippen LogP contribution in [0.4, 0.5) is 15.8 Å². The Bertz CT molecular complexity index is 1070. The molecule has 2 aromatic rings. The van der Waals surface area contributed by atoms with Crippen molar-refractivity contribution in [3.63, 3.8) is 0 Å². The zero-order valence-electron chi connectivity index (χ0n) is 18.0. The van der Waals surface area contributed by atoms with Crippen molar-refractivity contribution in [1.82, 2.24) is 10.0 Å². The number of hydrogen-bond acceptors (Lipinski definition) is 5. The molecule has 0 bridgehead atoms. The summed E-state index contributed by atoms with van der Waals surface area (Å²) in [4.78, 5) is 12.9. The summed E-state index contributed by atoms with van der Waals surface area (Å²) in [5.74, 6) is -0.509. The number of fused-ring (bicyclic) bond motifs is 1. The van der Waals surface area contributed by atoms with Gasteiger partial charge in [0.25, 0.3) is 0 Å². The highest BCUT2D eigenvalue weighted by atomic mass is 32.2. The lowest BCUT2D eigenvalue weighted by Gasteiger charge is -2.29. The molecule has 1 aliphatic carbocycles. The normalized spacial score (nSPS) is 21.6. The van der Waals surface area contributed by atoms with Gasteiger partial charge in [0.05, 0.1) is 22.3 Å². The molecule has 172 valence electrons. The Morgan fingerprint density at radius 2 is 1.66 bits per heavy atom. The van der Waals surface area contributed by atoms with E-state index in [0.29, 0.717) is 25.7 Å². The first kappa shape index (κ1) is 22.5. The molecular weight excluding hydrogens is 431 g/mol. The van der Waals surface area contributed by atoms with Crippen molar-refractivity contribution in [3.8, 4) is 0 Å². The quantitative estimate of drug-likeness (QED) is 0.530. The zero-order chi connectivity index (χ0) is 22.7. The van der Waals surface area contributed by atoms with Gasteiger partial charge in [-0.1, -0.05) is 12.1 Å². The molecule has 1 amide bonds. The molecule has 4 rings (SSSR count). The smallest absolute Gasteiger partial charge is 0.240 e. The number of amides is 1. The Labute approximate surface area is 188 Å². The Balaban J connectivity index is 1.30. The Kier molecular flexibility index (Phi) is 6.66. The lowest BCUT2D eigenvalue weighted by Crippen LogP contribution is -2.41. The van der Waals surface area contributed by atoms with Crippen LogP contribution in [0.3, 0.4) is 0 Å². The number of carbonyl (C=O) groups excluding carboxylic acids is 1. The van der Waals surface area contributed by atoms with Crippen molar-refractivity contribution in [2.45, 2.75) is 49.6 Å². The van der Waals surface area contributed by atoms with E-state index in [0.717, 1.165) is 30.0 Å². The minimum Gasteiger partial charge on any atom is -0.382 e. The first-order valence-corrected chi connectivity index (χ1v) is 12.5. The summed E-state index contributed by atoms with van der Waals surface area (Å²) < 4.78 is 41.6. The highest BCUT2D eigenvalue weighted by Gasteiger charge is 2.30. The molecule has 2 aliphatic rings. The molecule has 9 heteroatoms. The standard InChI is InChI=1S/C23H29FN4O3S/c1-15(16-2-6-18(24)7-3-16)27-23(29)17-4-8-19(9-5-17)28-32(30,31)20-10-11-21-22(14-20)26-13-12-25-21/h2-3,6-7,10-11,14-15,17,19,25-26,28H,4-5,8-9,12-13H2,1H3,(H,27,29)/t15-,17?,19?/m1/s1. The van der Waals surface area contributed by atoms with E-state index in [-0.39, 0.29) is 34.6 Å². The molecular formula is C23H29FN4O3S. The molecule has 1 heterocycles. The monoisotopic (exact) mass is 460 g/mol. The van der Waals surface area contributed by atoms with E-state index in [9.17, 15) is 17.6 Å². The molecule has 2 aromatic carbocycles. The second kappa shape index (κ2) is 9.46. The van der Waals surface area contributed by atoms with Gasteiger partial charge >= 0.3 is 0 Å². The number of hydrogen-bond donors (Lipinski definition) is 4. The summed E-state index contributed by atoms with van der Waals surface area (Å²) in [5, 5.41) is 9.43. The van der Waals surface area contributed by atoms with Crippen LogP contribution in [0, 0.1) is 11.7 Å². The Hall–Kier alpha value is -2.65. The Morgan fingerprint density at radius 3 is 2.34 bits per heavy atom. The van der Waals surface area contributed by atoms with Gasteiger partial charge in [0.2, 0.25) is 15.9 Å². The molecule has 1 fully saturated rings. The number of benzene rings is 2. The van der Waals surface area contributed by atoms with E-state index in [1.807, 2.05) is 6.92 Å². The summed E-state index contributed by atoms with van der Waals surface area (Å²) in [5.41, 5.74) is 2.53. The van der Waals surface area contributed by atoms with Crippen molar-refractivity contribution in [3.05, 3.63) is 53.8 Å². The highest BCUT2D eigenvalue weighted by molar-refractivity contribution is 7.89. The lowest BCUT2D eigenvalue weighted by atomic mass is 9.85. The lowest BCUT2D eigenvalue weighted by molar-refractivity contribution is -0.126. The van der Waals surface area contributed by atoms with Crippen molar-refractivity contribution in [1.29, 1.82) is 0 Å². The molecule has 0 aromatic heterocycles. The maximum atomic E-state index is 13.1. The minimum absolute atomic E-state index is 0.0450. The van der Waals surface area contributed by atoms with Crippen LogP contribution in [-0.2, 0) is 14.8 Å². The van der Waals surface area contributed by atoms with Crippen molar-refractivity contribution in [2.75, 3.05) is 23.7 Å². The van der Waals surface area contributed by atoms with Crippen LogP contribution in [-0.4, -0.2) is 33.5 Å². The van der Waals surface area contributed by atoms with Crippen LogP contribution in [0.25, 0.3) is 0 Å². The molecule has 0 spiro atoms. The number of anilines is 2. The molecule has 1 saturated carbocycles. The van der Waals surface area contributed by atoms with Crippen molar-refractivity contribution >= 4 is 27.3 Å².